The molecule has 1 fully saturated rings. The highest BCUT2D eigenvalue weighted by atomic mass is 16.6. The number of amides is 2. The Morgan fingerprint density at radius 3 is 2.67 bits per heavy atom. The summed E-state index contributed by atoms with van der Waals surface area (Å²) in [6.07, 6.45) is 1.49. The number of carbonyl (C=O) groups excluding carboxylic acids is 2. The molecule has 0 unspecified atom stereocenters. The molecule has 1 aliphatic rings. The molecule has 0 bridgehead atoms. The minimum absolute atomic E-state index is 0.178. The van der Waals surface area contributed by atoms with Crippen LogP contribution in [0.5, 0.6) is 0 Å². The van der Waals surface area contributed by atoms with E-state index in [-0.39, 0.29) is 12.5 Å². The normalized spacial score (nSPS) is 15.0. The van der Waals surface area contributed by atoms with E-state index >= 15 is 0 Å². The smallest absolute Gasteiger partial charge is 0.410 e. The van der Waals surface area contributed by atoms with E-state index in [0.717, 1.165) is 34.4 Å². The van der Waals surface area contributed by atoms with E-state index in [2.05, 4.69) is 20.1 Å². The molecular weight excluding hydrogens is 454 g/mol. The van der Waals surface area contributed by atoms with Gasteiger partial charge < -0.3 is 15.0 Å². The van der Waals surface area contributed by atoms with Crippen molar-refractivity contribution in [3.8, 4) is 0 Å². The predicted molar refractivity (Wildman–Crippen MR) is 137 cm³/mol. The van der Waals surface area contributed by atoms with Gasteiger partial charge in [0.15, 0.2) is 5.69 Å². The zero-order valence-corrected chi connectivity index (χ0v) is 19.6. The molecule has 36 heavy (non-hydrogen) atoms. The second-order valence-corrected chi connectivity index (χ2v) is 8.75. The second-order valence-electron chi connectivity index (χ2n) is 8.75. The summed E-state index contributed by atoms with van der Waals surface area (Å²) in [4.78, 5) is 38.4. The monoisotopic (exact) mass is 479 g/mol. The molecule has 8 heteroatoms. The Bertz CT molecular complexity index is 1420. The fourth-order valence-corrected chi connectivity index (χ4v) is 4.39. The highest BCUT2D eigenvalue weighted by Gasteiger charge is 2.35. The number of likely N-dealkylation sites (tertiary alicyclic amines) is 1. The second kappa shape index (κ2) is 10.3. The molecule has 1 atom stereocenters. The number of anilines is 1. The molecule has 4 aromatic rings. The summed E-state index contributed by atoms with van der Waals surface area (Å²) in [7, 11) is 0. The Morgan fingerprint density at radius 2 is 1.89 bits per heavy atom. The van der Waals surface area contributed by atoms with Crippen LogP contribution in [-0.2, 0) is 22.6 Å². The molecule has 1 saturated heterocycles. The van der Waals surface area contributed by atoms with Crippen LogP contribution >= 0.6 is 0 Å². The molecular formula is C28H25N5O3. The molecule has 0 aliphatic carbocycles. The summed E-state index contributed by atoms with van der Waals surface area (Å²) >= 11 is 0. The summed E-state index contributed by atoms with van der Waals surface area (Å²) < 4.78 is 5.43. The number of carbonyl (C=O) groups is 2. The van der Waals surface area contributed by atoms with Crippen LogP contribution in [0.15, 0.2) is 72.8 Å². The molecule has 2 N–H and O–H groups in total. The van der Waals surface area contributed by atoms with Crippen molar-refractivity contribution in [2.45, 2.75) is 31.9 Å². The van der Waals surface area contributed by atoms with Gasteiger partial charge in [-0.15, -0.1) is 0 Å². The van der Waals surface area contributed by atoms with Crippen molar-refractivity contribution in [2.75, 3.05) is 11.9 Å². The quantitative estimate of drug-likeness (QED) is 0.360. The molecule has 2 heterocycles. The number of ether oxygens (including phenoxy) is 1. The van der Waals surface area contributed by atoms with Crippen LogP contribution in [-0.4, -0.2) is 39.5 Å². The van der Waals surface area contributed by atoms with Gasteiger partial charge in [-0.3, -0.25) is 9.69 Å². The molecule has 2 amide bonds. The lowest BCUT2D eigenvalue weighted by atomic mass is 10.1. The minimum atomic E-state index is -0.552. The standard InChI is InChI=1S/C28H25N5O3/c1-29-22-13-14-23-24(17-22)32-26(31-23)16-19-9-11-21(12-10-19)30-27(34)25-8-5-15-33(25)28(35)36-18-20-6-3-2-4-7-20/h2-4,6-7,9-14,17,25H,5,8,15-16,18H2,(H,30,34)(H,31,32)/t25-/m0/s1. The number of hydrogen-bond acceptors (Lipinski definition) is 4. The maximum absolute atomic E-state index is 12.9. The van der Waals surface area contributed by atoms with E-state index < -0.39 is 12.1 Å². The van der Waals surface area contributed by atoms with Gasteiger partial charge in [0.2, 0.25) is 5.91 Å². The number of aromatic nitrogens is 2. The van der Waals surface area contributed by atoms with Gasteiger partial charge in [-0.1, -0.05) is 48.5 Å². The molecule has 0 radical (unpaired) electrons. The first kappa shape index (κ1) is 23.1. The first-order valence-corrected chi connectivity index (χ1v) is 11.8. The average Bonchev–Trinajstić information content (AvgIpc) is 3.55. The van der Waals surface area contributed by atoms with Gasteiger partial charge in [-0.2, -0.15) is 0 Å². The van der Waals surface area contributed by atoms with Gasteiger partial charge in [0.1, 0.15) is 18.5 Å². The van der Waals surface area contributed by atoms with Crippen molar-refractivity contribution < 1.29 is 14.3 Å². The van der Waals surface area contributed by atoms with Gasteiger partial charge in [0.25, 0.3) is 0 Å². The highest BCUT2D eigenvalue weighted by Crippen LogP contribution is 2.23. The van der Waals surface area contributed by atoms with Crippen molar-refractivity contribution in [2.24, 2.45) is 0 Å². The molecule has 0 saturated carbocycles. The summed E-state index contributed by atoms with van der Waals surface area (Å²) in [6.45, 7) is 7.82. The minimum Gasteiger partial charge on any atom is -0.445 e. The lowest BCUT2D eigenvalue weighted by Gasteiger charge is -2.23. The summed E-state index contributed by atoms with van der Waals surface area (Å²) in [5.74, 6) is 0.587. The Balaban J connectivity index is 1.18. The number of benzene rings is 3. The van der Waals surface area contributed by atoms with Crippen molar-refractivity contribution in [3.63, 3.8) is 0 Å². The number of aromatic amines is 1. The lowest BCUT2D eigenvalue weighted by molar-refractivity contribution is -0.120. The molecule has 1 aromatic heterocycles. The maximum atomic E-state index is 12.9. The Kier molecular flexibility index (Phi) is 6.63. The summed E-state index contributed by atoms with van der Waals surface area (Å²) in [5.41, 5.74) is 4.84. The zero-order valence-electron chi connectivity index (χ0n) is 19.6. The third kappa shape index (κ3) is 5.20. The van der Waals surface area contributed by atoms with Crippen LogP contribution in [0.4, 0.5) is 16.2 Å². The maximum Gasteiger partial charge on any atom is 0.410 e. The Labute approximate surface area is 208 Å². The average molecular weight is 480 g/mol. The van der Waals surface area contributed by atoms with E-state index in [9.17, 15) is 9.59 Å². The lowest BCUT2D eigenvalue weighted by Crippen LogP contribution is -2.43. The van der Waals surface area contributed by atoms with E-state index in [1.165, 1.54) is 4.90 Å². The first-order chi connectivity index (χ1) is 17.6. The van der Waals surface area contributed by atoms with Crippen LogP contribution < -0.4 is 5.32 Å². The van der Waals surface area contributed by atoms with E-state index in [1.54, 1.807) is 12.1 Å². The van der Waals surface area contributed by atoms with Crippen LogP contribution in [0.1, 0.15) is 29.8 Å². The third-order valence-electron chi connectivity index (χ3n) is 6.23. The van der Waals surface area contributed by atoms with E-state index in [1.807, 2.05) is 60.7 Å². The predicted octanol–water partition coefficient (Wildman–Crippen LogP) is 5.44. The van der Waals surface area contributed by atoms with Crippen LogP contribution in [0.25, 0.3) is 15.9 Å². The van der Waals surface area contributed by atoms with Crippen molar-refractivity contribution in [1.82, 2.24) is 14.9 Å². The highest BCUT2D eigenvalue weighted by molar-refractivity contribution is 5.96. The molecule has 3 aromatic carbocycles. The fraction of sp³-hybridized carbons (Fsp3) is 0.214. The number of fused-ring (bicyclic) bond motifs is 1. The SMILES string of the molecule is [C-]#[N+]c1ccc2nc(Cc3ccc(NC(=O)[C@@H]4CCCN4C(=O)OCc4ccccc4)cc3)[nH]c2c1. The van der Waals surface area contributed by atoms with Gasteiger partial charge >= 0.3 is 6.09 Å². The van der Waals surface area contributed by atoms with Crippen molar-refractivity contribution >= 4 is 34.4 Å². The van der Waals surface area contributed by atoms with Crippen LogP contribution in [0.2, 0.25) is 0 Å². The van der Waals surface area contributed by atoms with Crippen molar-refractivity contribution in [1.29, 1.82) is 0 Å². The Morgan fingerprint density at radius 1 is 1.08 bits per heavy atom. The Hall–Kier alpha value is -4.64. The molecule has 8 nitrogen and oxygen atoms in total. The zero-order chi connectivity index (χ0) is 24.9. The summed E-state index contributed by atoms with van der Waals surface area (Å²) in [6, 6.07) is 21.9. The van der Waals surface area contributed by atoms with Crippen LogP contribution in [0, 0.1) is 6.57 Å². The van der Waals surface area contributed by atoms with Gasteiger partial charge in [0, 0.05) is 18.7 Å². The van der Waals surface area contributed by atoms with Gasteiger partial charge in [-0.05, 0) is 48.2 Å². The van der Waals surface area contributed by atoms with Gasteiger partial charge in [0.05, 0.1) is 17.6 Å². The topological polar surface area (TPSA) is 91.7 Å². The van der Waals surface area contributed by atoms with Gasteiger partial charge in [-0.25, -0.2) is 14.6 Å². The van der Waals surface area contributed by atoms with Crippen molar-refractivity contribution in [3.05, 3.63) is 101 Å². The van der Waals surface area contributed by atoms with Crippen LogP contribution in [0.3, 0.4) is 0 Å². The number of H-pyrrole nitrogens is 1. The largest absolute Gasteiger partial charge is 0.445 e. The molecule has 5 rings (SSSR count). The molecule has 180 valence electrons. The van der Waals surface area contributed by atoms with E-state index in [0.29, 0.717) is 30.8 Å². The van der Waals surface area contributed by atoms with E-state index in [4.69, 9.17) is 11.3 Å². The number of rotatable bonds is 6. The molecule has 1 aliphatic heterocycles. The fourth-order valence-electron chi connectivity index (χ4n) is 4.39. The third-order valence-corrected chi connectivity index (χ3v) is 6.23. The number of hydrogen-bond donors (Lipinski definition) is 2. The first-order valence-electron chi connectivity index (χ1n) is 11.8. The number of nitrogens with one attached hydrogen (secondary N) is 2. The summed E-state index contributed by atoms with van der Waals surface area (Å²) in [5, 5.41) is 2.93. The molecule has 0 spiro atoms. The number of nitrogens with zero attached hydrogens (tertiary/aromatic N) is 3. The number of imidazole rings is 1.